The Morgan fingerprint density at radius 1 is 1.05 bits per heavy atom. The fourth-order valence-corrected chi connectivity index (χ4v) is 3.72. The highest BCUT2D eigenvalue weighted by Crippen LogP contribution is 2.39. The average Bonchev–Trinajstić information content (AvgIpc) is 3.26. The summed E-state index contributed by atoms with van der Waals surface area (Å²) in [6.45, 7) is 2.85. The number of aromatic hydroxyl groups is 1. The van der Waals surface area contributed by atoms with E-state index in [1.807, 2.05) is 0 Å². The molecule has 0 saturated heterocycles. The predicted octanol–water partition coefficient (Wildman–Crippen LogP) is 4.93. The van der Waals surface area contributed by atoms with E-state index in [4.69, 9.17) is 0 Å². The van der Waals surface area contributed by atoms with Crippen molar-refractivity contribution >= 4 is 23.2 Å². The molecule has 4 aromatic rings. The van der Waals surface area contributed by atoms with Gasteiger partial charge in [-0.1, -0.05) is 0 Å². The summed E-state index contributed by atoms with van der Waals surface area (Å²) in [7, 11) is 1.50. The van der Waals surface area contributed by atoms with E-state index in [9.17, 15) is 32.3 Å². The molecule has 3 N–H and O–H groups in total. The summed E-state index contributed by atoms with van der Waals surface area (Å²) in [5.74, 6) is -2.83. The molecule has 0 spiro atoms. The van der Waals surface area contributed by atoms with Crippen LogP contribution < -0.4 is 10.6 Å². The van der Waals surface area contributed by atoms with Crippen molar-refractivity contribution in [2.45, 2.75) is 20.0 Å². The lowest BCUT2D eigenvalue weighted by Crippen LogP contribution is -2.17. The molecular weight excluding hydrogens is 508 g/mol. The highest BCUT2D eigenvalue weighted by molar-refractivity contribution is 6.07. The van der Waals surface area contributed by atoms with Gasteiger partial charge in [-0.2, -0.15) is 18.3 Å². The van der Waals surface area contributed by atoms with Gasteiger partial charge in [0.25, 0.3) is 5.91 Å². The number of carbonyl (C=O) groups excluding carboxylic acids is 2. The Bertz CT molecular complexity index is 1570. The highest BCUT2D eigenvalue weighted by atomic mass is 19.4. The minimum atomic E-state index is -4.91. The first kappa shape index (κ1) is 26.3. The van der Waals surface area contributed by atoms with Crippen molar-refractivity contribution in [2.24, 2.45) is 7.05 Å². The van der Waals surface area contributed by atoms with E-state index in [1.165, 1.54) is 55.3 Å². The quantitative estimate of drug-likeness (QED) is 0.250. The van der Waals surface area contributed by atoms with Gasteiger partial charge in [0.1, 0.15) is 23.1 Å². The molecule has 196 valence electrons. The largest absolute Gasteiger partial charge is 0.507 e. The maximum absolute atomic E-state index is 14.9. The van der Waals surface area contributed by atoms with Gasteiger partial charge in [-0.15, -0.1) is 0 Å². The van der Waals surface area contributed by atoms with Gasteiger partial charge in [0.2, 0.25) is 5.91 Å². The summed E-state index contributed by atoms with van der Waals surface area (Å²) >= 11 is 0. The van der Waals surface area contributed by atoms with Crippen molar-refractivity contribution in [1.29, 1.82) is 0 Å². The van der Waals surface area contributed by atoms with Gasteiger partial charge in [-0.25, -0.2) is 14.4 Å². The minimum absolute atomic E-state index is 0.0350. The second-order valence-electron chi connectivity index (χ2n) is 8.30. The molecule has 0 aliphatic heterocycles. The maximum atomic E-state index is 14.9. The number of nitrogens with one attached hydrogen (secondary N) is 2. The zero-order valence-corrected chi connectivity index (χ0v) is 20.2. The lowest BCUT2D eigenvalue weighted by molar-refractivity contribution is -0.137. The monoisotopic (exact) mass is 528 g/mol. The summed E-state index contributed by atoms with van der Waals surface area (Å²) in [6.07, 6.45) is -2.28. The Balaban J connectivity index is 1.78. The van der Waals surface area contributed by atoms with Crippen molar-refractivity contribution in [3.63, 3.8) is 0 Å². The molecule has 0 atom stereocenters. The fourth-order valence-electron chi connectivity index (χ4n) is 3.72. The van der Waals surface area contributed by atoms with E-state index < -0.39 is 34.6 Å². The van der Waals surface area contributed by atoms with E-state index >= 15 is 0 Å². The first-order valence-corrected chi connectivity index (χ1v) is 11.0. The third-order valence-electron chi connectivity index (χ3n) is 5.38. The highest BCUT2D eigenvalue weighted by Gasteiger charge is 2.36. The summed E-state index contributed by atoms with van der Waals surface area (Å²) in [6, 6.07) is 6.49. The van der Waals surface area contributed by atoms with Gasteiger partial charge in [-0.3, -0.25) is 14.3 Å². The maximum Gasteiger partial charge on any atom is 0.417 e. The van der Waals surface area contributed by atoms with Crippen molar-refractivity contribution in [1.82, 2.24) is 19.7 Å². The molecule has 0 radical (unpaired) electrons. The van der Waals surface area contributed by atoms with Crippen LogP contribution in [-0.4, -0.2) is 36.7 Å². The number of alkyl halides is 3. The number of rotatable bonds is 5. The molecule has 0 fully saturated rings. The van der Waals surface area contributed by atoms with Crippen LogP contribution in [0.1, 0.15) is 28.7 Å². The first-order valence-electron chi connectivity index (χ1n) is 11.0. The van der Waals surface area contributed by atoms with E-state index in [2.05, 4.69) is 25.7 Å². The number of amides is 2. The number of phenolic OH excluding ortho intramolecular Hbond substituents is 1. The second-order valence-corrected chi connectivity index (χ2v) is 8.30. The smallest absolute Gasteiger partial charge is 0.417 e. The molecule has 2 aromatic heterocycles. The topological polar surface area (TPSA) is 122 Å². The molecule has 2 aromatic carbocycles. The molecule has 0 saturated carbocycles. The first-order chi connectivity index (χ1) is 17.8. The van der Waals surface area contributed by atoms with E-state index in [1.54, 1.807) is 6.92 Å². The van der Waals surface area contributed by atoms with Crippen LogP contribution >= 0.6 is 0 Å². The summed E-state index contributed by atoms with van der Waals surface area (Å²) in [4.78, 5) is 32.8. The zero-order chi connectivity index (χ0) is 27.8. The second kappa shape index (κ2) is 9.92. The van der Waals surface area contributed by atoms with Crippen molar-refractivity contribution in [2.75, 3.05) is 10.6 Å². The van der Waals surface area contributed by atoms with E-state index in [-0.39, 0.29) is 46.2 Å². The molecule has 0 bridgehead atoms. The van der Waals surface area contributed by atoms with E-state index in [0.29, 0.717) is 5.69 Å². The fraction of sp³-hybridized carbons (Fsp3) is 0.160. The molecular formula is C25H20F4N6O3. The number of carbonyl (C=O) groups is 2. The lowest BCUT2D eigenvalue weighted by atomic mass is 9.99. The van der Waals surface area contributed by atoms with Crippen molar-refractivity contribution < 1.29 is 32.3 Å². The zero-order valence-electron chi connectivity index (χ0n) is 20.2. The molecule has 2 heterocycles. The predicted molar refractivity (Wildman–Crippen MR) is 130 cm³/mol. The van der Waals surface area contributed by atoms with Gasteiger partial charge >= 0.3 is 6.18 Å². The molecule has 0 unspecified atom stereocenters. The van der Waals surface area contributed by atoms with Crippen LogP contribution in [0.3, 0.4) is 0 Å². The summed E-state index contributed by atoms with van der Waals surface area (Å²) in [5.41, 5.74) is -2.14. The van der Waals surface area contributed by atoms with Crippen LogP contribution in [-0.2, 0) is 18.0 Å². The third-order valence-corrected chi connectivity index (χ3v) is 5.38. The molecule has 38 heavy (non-hydrogen) atoms. The van der Waals surface area contributed by atoms with Crippen LogP contribution in [0.25, 0.3) is 22.5 Å². The van der Waals surface area contributed by atoms with Crippen molar-refractivity contribution in [3.8, 4) is 28.3 Å². The van der Waals surface area contributed by atoms with Gasteiger partial charge in [0.05, 0.1) is 28.7 Å². The number of hydrogen-bond acceptors (Lipinski definition) is 6. The number of halogens is 4. The van der Waals surface area contributed by atoms with Gasteiger partial charge in [-0.05, 0) is 43.3 Å². The van der Waals surface area contributed by atoms with Gasteiger partial charge in [0, 0.05) is 37.0 Å². The molecule has 0 aliphatic rings. The summed E-state index contributed by atoms with van der Waals surface area (Å²) in [5, 5.41) is 19.4. The van der Waals surface area contributed by atoms with E-state index in [0.717, 1.165) is 6.07 Å². The Kier molecular flexibility index (Phi) is 6.85. The Morgan fingerprint density at radius 3 is 2.42 bits per heavy atom. The van der Waals surface area contributed by atoms with Crippen LogP contribution in [0.15, 0.2) is 48.8 Å². The number of aryl methyl sites for hydroxylation is 2. The number of nitrogens with zero attached hydrogens (tertiary/aromatic N) is 4. The number of aromatic nitrogens is 4. The number of anilines is 2. The van der Waals surface area contributed by atoms with Crippen LogP contribution in [0.4, 0.5) is 28.9 Å². The minimum Gasteiger partial charge on any atom is -0.507 e. The molecule has 9 nitrogen and oxygen atoms in total. The Hall–Kier alpha value is -4.81. The SMILES string of the molecule is CC(=O)Nc1ccc(O)c(-c2nc(C)ncc2NC(=O)c2cc(-c3ccn(C)n3)c(C(F)(F)F)cc2F)c1. The lowest BCUT2D eigenvalue weighted by Gasteiger charge is -2.16. The van der Waals surface area contributed by atoms with Gasteiger partial charge < -0.3 is 15.7 Å². The summed E-state index contributed by atoms with van der Waals surface area (Å²) < 4.78 is 57.1. The molecule has 2 amide bonds. The standard InChI is InChI=1S/C25H20F4N6O3/c1-12-30-11-21(23(31-12)17-8-14(32-13(2)36)4-5-22(17)37)33-24(38)16-9-15(20-6-7-35(3)34-20)18(10-19(16)26)25(27,28)29/h4-11,37H,1-3H3,(H,32,36)(H,33,38). The third kappa shape index (κ3) is 5.45. The molecule has 4 rings (SSSR count). The van der Waals surface area contributed by atoms with Crippen LogP contribution in [0, 0.1) is 12.7 Å². The normalized spacial score (nSPS) is 11.3. The number of benzene rings is 2. The van der Waals surface area contributed by atoms with Crippen molar-refractivity contribution in [3.05, 3.63) is 71.6 Å². The van der Waals surface area contributed by atoms with Crippen LogP contribution in [0.5, 0.6) is 5.75 Å². The molecule has 0 aliphatic carbocycles. The Morgan fingerprint density at radius 2 is 1.79 bits per heavy atom. The number of phenols is 1. The number of hydrogen-bond donors (Lipinski definition) is 3. The Labute approximate surface area is 213 Å². The average molecular weight is 528 g/mol. The molecule has 13 heteroatoms. The van der Waals surface area contributed by atoms with Gasteiger partial charge in [0.15, 0.2) is 0 Å². The van der Waals surface area contributed by atoms with Crippen LogP contribution in [0.2, 0.25) is 0 Å².